The second kappa shape index (κ2) is 13.5. The van der Waals surface area contributed by atoms with Crippen LogP contribution in [-0.2, 0) is 25.6 Å². The molecule has 0 radical (unpaired) electrons. The molecule has 1 aromatic heterocycles. The topological polar surface area (TPSA) is 114 Å². The summed E-state index contributed by atoms with van der Waals surface area (Å²) < 4.78 is 38.2. The smallest absolute Gasteiger partial charge is 0.360 e. The third-order valence-corrected chi connectivity index (χ3v) is 6.89. The Labute approximate surface area is 222 Å². The van der Waals surface area contributed by atoms with Gasteiger partial charge in [-0.2, -0.15) is 13.2 Å². The largest absolute Gasteiger partial charge is 0.492 e. The quantitative estimate of drug-likeness (QED) is 0.425. The number of benzene rings is 1. The van der Waals surface area contributed by atoms with Crippen LogP contribution < -0.4 is 10.6 Å². The molecule has 1 fully saturated rings. The second-order valence-electron chi connectivity index (χ2n) is 9.12. The summed E-state index contributed by atoms with van der Waals surface area (Å²) in [5.41, 5.74) is 1.01. The summed E-state index contributed by atoms with van der Waals surface area (Å²) in [5.74, 6) is -3.25. The molecule has 9 nitrogen and oxygen atoms in total. The highest BCUT2D eigenvalue weighted by Gasteiger charge is 2.44. The van der Waals surface area contributed by atoms with Crippen LogP contribution in [-0.4, -0.2) is 57.8 Å². The van der Waals surface area contributed by atoms with Crippen molar-refractivity contribution in [1.29, 1.82) is 0 Å². The molecule has 2 N–H and O–H groups in total. The van der Waals surface area contributed by atoms with E-state index in [4.69, 9.17) is 0 Å². The number of carbonyl (C=O) groups is 3. The Kier molecular flexibility index (Phi) is 10.4. The van der Waals surface area contributed by atoms with Crippen LogP contribution in [0.25, 0.3) is 0 Å². The van der Waals surface area contributed by atoms with E-state index in [1.807, 2.05) is 44.2 Å². The molecular formula is C25H30F3N5O4S. The van der Waals surface area contributed by atoms with Gasteiger partial charge < -0.3 is 10.2 Å². The first kappa shape index (κ1) is 29.2. The SMILES string of the molecule is CC(C)c1nnc(NC(=O)/C=C/[C@H](CCc2ccccc2)NC(=O)[C@@H]2CCCCN2OC(=O)C(F)(F)F)s1. The number of hydrogen-bond donors (Lipinski definition) is 2. The molecule has 3 rings (SSSR count). The predicted molar refractivity (Wildman–Crippen MR) is 135 cm³/mol. The Bertz CT molecular complexity index is 1120. The number of hydroxylamine groups is 2. The Morgan fingerprint density at radius 2 is 1.92 bits per heavy atom. The minimum atomic E-state index is -5.17. The first-order valence-corrected chi connectivity index (χ1v) is 13.1. The molecule has 1 saturated heterocycles. The Morgan fingerprint density at radius 1 is 1.18 bits per heavy atom. The molecule has 2 heterocycles. The Hall–Kier alpha value is -3.32. The Morgan fingerprint density at radius 3 is 2.58 bits per heavy atom. The van der Waals surface area contributed by atoms with Gasteiger partial charge in [0.05, 0.1) is 0 Å². The van der Waals surface area contributed by atoms with Crippen molar-refractivity contribution in [1.82, 2.24) is 20.6 Å². The fourth-order valence-electron chi connectivity index (χ4n) is 3.77. The minimum absolute atomic E-state index is 0.00699. The van der Waals surface area contributed by atoms with Crippen LogP contribution >= 0.6 is 11.3 Å². The monoisotopic (exact) mass is 553 g/mol. The summed E-state index contributed by atoms with van der Waals surface area (Å²) in [6.45, 7) is 3.93. The van der Waals surface area contributed by atoms with Crippen molar-refractivity contribution in [2.45, 2.75) is 70.1 Å². The molecule has 2 aromatic rings. The Balaban J connectivity index is 1.68. The molecule has 206 valence electrons. The summed E-state index contributed by atoms with van der Waals surface area (Å²) in [7, 11) is 0. The number of aryl methyl sites for hydroxylation is 1. The van der Waals surface area contributed by atoms with Crippen LogP contribution in [0.4, 0.5) is 18.3 Å². The maximum absolute atomic E-state index is 13.1. The summed E-state index contributed by atoms with van der Waals surface area (Å²) in [5, 5.41) is 15.3. The van der Waals surface area contributed by atoms with Gasteiger partial charge in [-0.15, -0.1) is 15.3 Å². The summed E-state index contributed by atoms with van der Waals surface area (Å²) in [4.78, 5) is 41.4. The number of aromatic nitrogens is 2. The highest BCUT2D eigenvalue weighted by atomic mass is 32.1. The number of amides is 2. The van der Waals surface area contributed by atoms with Crippen molar-refractivity contribution >= 4 is 34.3 Å². The predicted octanol–water partition coefficient (Wildman–Crippen LogP) is 4.15. The van der Waals surface area contributed by atoms with Crippen molar-refractivity contribution in [2.75, 3.05) is 11.9 Å². The average Bonchev–Trinajstić information content (AvgIpc) is 3.34. The summed E-state index contributed by atoms with van der Waals surface area (Å²) >= 11 is 1.26. The van der Waals surface area contributed by atoms with E-state index in [1.54, 1.807) is 0 Å². The third kappa shape index (κ3) is 8.91. The lowest BCUT2D eigenvalue weighted by molar-refractivity contribution is -0.248. The number of nitrogens with one attached hydrogen (secondary N) is 2. The van der Waals surface area contributed by atoms with Crippen LogP contribution in [0.3, 0.4) is 0 Å². The molecule has 1 aromatic carbocycles. The van der Waals surface area contributed by atoms with Gasteiger partial charge in [0.15, 0.2) is 0 Å². The lowest BCUT2D eigenvalue weighted by Gasteiger charge is -2.33. The number of anilines is 1. The zero-order chi connectivity index (χ0) is 27.7. The second-order valence-corrected chi connectivity index (χ2v) is 10.1. The highest BCUT2D eigenvalue weighted by Crippen LogP contribution is 2.24. The minimum Gasteiger partial charge on any atom is -0.360 e. The number of carbonyl (C=O) groups excluding carboxylic acids is 3. The zero-order valence-corrected chi connectivity index (χ0v) is 21.8. The molecule has 1 aliphatic heterocycles. The van der Waals surface area contributed by atoms with Crippen molar-refractivity contribution in [3.05, 3.63) is 53.1 Å². The molecule has 0 spiro atoms. The van der Waals surface area contributed by atoms with Gasteiger partial charge in [-0.25, -0.2) is 4.79 Å². The molecule has 13 heteroatoms. The number of nitrogens with zero attached hydrogens (tertiary/aromatic N) is 3. The van der Waals surface area contributed by atoms with Crippen molar-refractivity contribution < 1.29 is 32.4 Å². The zero-order valence-electron chi connectivity index (χ0n) is 21.0. The third-order valence-electron chi connectivity index (χ3n) is 5.75. The van der Waals surface area contributed by atoms with Crippen LogP contribution in [0, 0.1) is 0 Å². The van der Waals surface area contributed by atoms with E-state index in [9.17, 15) is 27.6 Å². The normalized spacial score (nSPS) is 17.4. The number of rotatable bonds is 10. The maximum Gasteiger partial charge on any atom is 0.492 e. The van der Waals surface area contributed by atoms with Crippen molar-refractivity contribution in [3.8, 4) is 0 Å². The fraction of sp³-hybridized carbons (Fsp3) is 0.480. The number of hydrogen-bond acceptors (Lipinski definition) is 8. The molecule has 2 amide bonds. The van der Waals surface area contributed by atoms with E-state index in [0.29, 0.717) is 30.8 Å². The molecule has 0 bridgehead atoms. The van der Waals surface area contributed by atoms with Crippen LogP contribution in [0.2, 0.25) is 0 Å². The lowest BCUT2D eigenvalue weighted by atomic mass is 10.0. The van der Waals surface area contributed by atoms with Crippen LogP contribution in [0.5, 0.6) is 0 Å². The average molecular weight is 554 g/mol. The van der Waals surface area contributed by atoms with Crippen LogP contribution in [0.15, 0.2) is 42.5 Å². The maximum atomic E-state index is 13.1. The van der Waals surface area contributed by atoms with E-state index in [0.717, 1.165) is 15.6 Å². The van der Waals surface area contributed by atoms with E-state index in [1.165, 1.54) is 23.5 Å². The summed E-state index contributed by atoms with van der Waals surface area (Å²) in [6.07, 6.45) is -0.0856. The highest BCUT2D eigenvalue weighted by molar-refractivity contribution is 7.15. The molecular weight excluding hydrogens is 523 g/mol. The molecule has 0 aliphatic carbocycles. The number of halogens is 3. The van der Waals surface area contributed by atoms with E-state index < -0.39 is 36.0 Å². The van der Waals surface area contributed by atoms with Gasteiger partial charge in [0.25, 0.3) is 0 Å². The van der Waals surface area contributed by atoms with E-state index in [2.05, 4.69) is 25.7 Å². The van der Waals surface area contributed by atoms with Gasteiger partial charge >= 0.3 is 12.1 Å². The molecule has 0 unspecified atom stereocenters. The number of piperidine rings is 1. The standard InChI is InChI=1S/C25H30F3N5O4S/c1-16(2)22-31-32-24(38-22)30-20(34)14-13-18(12-11-17-8-4-3-5-9-17)29-21(35)19-10-6-7-15-33(19)37-23(36)25(26,27)28/h3-5,8-9,13-14,16,18-19H,6-7,10-12,15H2,1-2H3,(H,29,35)(H,30,32,34)/b14-13+/t18-,19-/m0/s1. The number of alkyl halides is 3. The first-order chi connectivity index (χ1) is 18.0. The summed E-state index contributed by atoms with van der Waals surface area (Å²) in [6, 6.07) is 7.81. The van der Waals surface area contributed by atoms with Crippen molar-refractivity contribution in [3.63, 3.8) is 0 Å². The van der Waals surface area contributed by atoms with Gasteiger partial charge in [-0.1, -0.05) is 61.6 Å². The lowest BCUT2D eigenvalue weighted by Crippen LogP contribution is -2.53. The van der Waals surface area contributed by atoms with Gasteiger partial charge in [-0.3, -0.25) is 14.9 Å². The molecule has 0 saturated carbocycles. The van der Waals surface area contributed by atoms with E-state index in [-0.39, 0.29) is 18.9 Å². The first-order valence-electron chi connectivity index (χ1n) is 12.3. The molecule has 38 heavy (non-hydrogen) atoms. The van der Waals surface area contributed by atoms with E-state index >= 15 is 0 Å². The van der Waals surface area contributed by atoms with Crippen LogP contribution in [0.1, 0.15) is 56.0 Å². The van der Waals surface area contributed by atoms with Gasteiger partial charge in [0.2, 0.25) is 16.9 Å². The van der Waals surface area contributed by atoms with Gasteiger partial charge in [0, 0.05) is 24.6 Å². The van der Waals surface area contributed by atoms with Gasteiger partial charge in [-0.05, 0) is 37.7 Å². The fourth-order valence-corrected chi connectivity index (χ4v) is 4.51. The molecule has 2 atom stereocenters. The van der Waals surface area contributed by atoms with Crippen molar-refractivity contribution in [2.24, 2.45) is 0 Å². The molecule has 1 aliphatic rings. The van der Waals surface area contributed by atoms with Gasteiger partial charge in [0.1, 0.15) is 11.0 Å².